The first-order valence-electron chi connectivity index (χ1n) is 9.84. The Labute approximate surface area is 155 Å². The molecule has 2 N–H and O–H groups in total. The highest BCUT2D eigenvalue weighted by atomic mass is 16.2. The highest BCUT2D eigenvalue weighted by Crippen LogP contribution is 2.20. The van der Waals surface area contributed by atoms with Gasteiger partial charge in [0.05, 0.1) is 12.5 Å². The van der Waals surface area contributed by atoms with Crippen molar-refractivity contribution >= 4 is 17.5 Å². The number of likely N-dealkylation sites (tertiary alicyclic amines) is 1. The molecule has 0 radical (unpaired) electrons. The third-order valence-corrected chi connectivity index (χ3v) is 5.20. The molecule has 1 saturated heterocycles. The van der Waals surface area contributed by atoms with E-state index in [9.17, 15) is 9.59 Å². The van der Waals surface area contributed by atoms with Gasteiger partial charge in [0.15, 0.2) is 0 Å². The number of unbranched alkanes of at least 4 members (excludes halogenated alkanes) is 1. The summed E-state index contributed by atoms with van der Waals surface area (Å²) in [6.07, 6.45) is 6.08. The van der Waals surface area contributed by atoms with Crippen LogP contribution in [0.2, 0.25) is 0 Å². The second-order valence-electron chi connectivity index (χ2n) is 7.51. The molecule has 1 fully saturated rings. The zero-order valence-corrected chi connectivity index (χ0v) is 15.7. The summed E-state index contributed by atoms with van der Waals surface area (Å²) in [7, 11) is 0. The summed E-state index contributed by atoms with van der Waals surface area (Å²) in [6, 6.07) is 4.32. The second-order valence-corrected chi connectivity index (χ2v) is 7.51. The Bertz CT molecular complexity index is 647. The van der Waals surface area contributed by atoms with Crippen molar-refractivity contribution in [3.8, 4) is 0 Å². The van der Waals surface area contributed by atoms with E-state index >= 15 is 0 Å². The molecular formula is C20H30N4O2. The van der Waals surface area contributed by atoms with Crippen LogP contribution in [-0.2, 0) is 22.4 Å². The smallest absolute Gasteiger partial charge is 0.224 e. The molecule has 142 valence electrons. The van der Waals surface area contributed by atoms with Gasteiger partial charge in [-0.2, -0.15) is 0 Å². The van der Waals surface area contributed by atoms with Crippen LogP contribution in [0.5, 0.6) is 0 Å². The molecule has 1 atom stereocenters. The number of carbonyl (C=O) groups excluding carboxylic acids is 2. The van der Waals surface area contributed by atoms with Gasteiger partial charge in [0.25, 0.3) is 0 Å². The Morgan fingerprint density at radius 3 is 3.08 bits per heavy atom. The van der Waals surface area contributed by atoms with E-state index < -0.39 is 0 Å². The molecule has 2 aliphatic heterocycles. The fraction of sp³-hybridized carbons (Fsp3) is 0.650. The minimum Gasteiger partial charge on any atom is -0.370 e. The van der Waals surface area contributed by atoms with E-state index in [2.05, 4.69) is 27.7 Å². The summed E-state index contributed by atoms with van der Waals surface area (Å²) < 4.78 is 0. The summed E-state index contributed by atoms with van der Waals surface area (Å²) in [6.45, 7) is 5.34. The molecule has 3 heterocycles. The molecule has 3 rings (SSSR count). The number of amides is 1. The number of ketones is 1. The van der Waals surface area contributed by atoms with Crippen molar-refractivity contribution in [2.24, 2.45) is 5.92 Å². The predicted octanol–water partition coefficient (Wildman–Crippen LogP) is 1.79. The Morgan fingerprint density at radius 1 is 1.35 bits per heavy atom. The third-order valence-electron chi connectivity index (χ3n) is 5.20. The number of rotatable bonds is 8. The molecular weight excluding hydrogens is 328 g/mol. The van der Waals surface area contributed by atoms with E-state index in [1.165, 1.54) is 12.0 Å². The normalized spacial score (nSPS) is 19.7. The number of Topliss-reactive ketones (excluding diaryl/α,β-unsaturated/α-hetero) is 1. The summed E-state index contributed by atoms with van der Waals surface area (Å²) in [5.41, 5.74) is 2.45. The Balaban J connectivity index is 1.32. The highest BCUT2D eigenvalue weighted by molar-refractivity contribution is 5.80. The van der Waals surface area contributed by atoms with E-state index in [-0.39, 0.29) is 17.6 Å². The van der Waals surface area contributed by atoms with Gasteiger partial charge in [0, 0.05) is 25.3 Å². The van der Waals surface area contributed by atoms with E-state index in [4.69, 9.17) is 4.98 Å². The van der Waals surface area contributed by atoms with Gasteiger partial charge >= 0.3 is 0 Å². The van der Waals surface area contributed by atoms with Gasteiger partial charge in [-0.1, -0.05) is 6.07 Å². The van der Waals surface area contributed by atoms with Gasteiger partial charge in [-0.05, 0) is 63.6 Å². The maximum Gasteiger partial charge on any atom is 0.224 e. The Hall–Kier alpha value is -1.95. The lowest BCUT2D eigenvalue weighted by atomic mass is 10.1. The minimum absolute atomic E-state index is 0.0303. The average Bonchev–Trinajstić information content (AvgIpc) is 3.09. The number of aromatic nitrogens is 1. The summed E-state index contributed by atoms with van der Waals surface area (Å²) in [4.78, 5) is 30.2. The van der Waals surface area contributed by atoms with Crippen LogP contribution in [0.4, 0.5) is 5.82 Å². The highest BCUT2D eigenvalue weighted by Gasteiger charge is 2.28. The summed E-state index contributed by atoms with van der Waals surface area (Å²) in [5.74, 6) is 1.38. The van der Waals surface area contributed by atoms with Crippen LogP contribution < -0.4 is 10.6 Å². The van der Waals surface area contributed by atoms with Gasteiger partial charge in [-0.15, -0.1) is 0 Å². The van der Waals surface area contributed by atoms with Crippen LogP contribution in [0.3, 0.4) is 0 Å². The largest absolute Gasteiger partial charge is 0.370 e. The molecule has 26 heavy (non-hydrogen) atoms. The van der Waals surface area contributed by atoms with Gasteiger partial charge < -0.3 is 10.6 Å². The Kier molecular flexibility index (Phi) is 6.61. The van der Waals surface area contributed by atoms with E-state index in [0.29, 0.717) is 19.6 Å². The van der Waals surface area contributed by atoms with Crippen LogP contribution >= 0.6 is 0 Å². The molecule has 6 nitrogen and oxygen atoms in total. The van der Waals surface area contributed by atoms with E-state index in [1.807, 2.05) is 0 Å². The number of nitrogens with zero attached hydrogens (tertiary/aromatic N) is 2. The molecule has 0 spiro atoms. The first kappa shape index (κ1) is 18.8. The molecule has 6 heteroatoms. The SMILES string of the molecule is CC(=O)CN1CC[C@H](C(=O)NCCCCc2ccc3c(n2)NCCC3)C1. The zero-order valence-electron chi connectivity index (χ0n) is 15.7. The maximum absolute atomic E-state index is 12.2. The van der Waals surface area contributed by atoms with Crippen LogP contribution in [0, 0.1) is 5.92 Å². The number of fused-ring (bicyclic) bond motifs is 1. The minimum atomic E-state index is 0.0303. The number of hydrogen-bond donors (Lipinski definition) is 2. The molecule has 0 bridgehead atoms. The zero-order chi connectivity index (χ0) is 18.4. The van der Waals surface area contributed by atoms with Crippen molar-refractivity contribution in [1.82, 2.24) is 15.2 Å². The molecule has 1 aromatic rings. The number of nitrogens with one attached hydrogen (secondary N) is 2. The number of aryl methyl sites for hydroxylation is 2. The lowest BCUT2D eigenvalue weighted by Crippen LogP contribution is -2.34. The fourth-order valence-electron chi connectivity index (χ4n) is 3.80. The van der Waals surface area contributed by atoms with Gasteiger partial charge in [-0.3, -0.25) is 14.5 Å². The van der Waals surface area contributed by atoms with Crippen LogP contribution in [-0.4, -0.2) is 54.3 Å². The molecule has 1 aromatic heterocycles. The van der Waals surface area contributed by atoms with Crippen LogP contribution in [0.15, 0.2) is 12.1 Å². The van der Waals surface area contributed by atoms with E-state index in [0.717, 1.165) is 56.7 Å². The van der Waals surface area contributed by atoms with Crippen molar-refractivity contribution in [2.75, 3.05) is 38.0 Å². The van der Waals surface area contributed by atoms with Gasteiger partial charge in [0.1, 0.15) is 11.6 Å². The molecule has 2 aliphatic rings. The first-order chi connectivity index (χ1) is 12.6. The van der Waals surface area contributed by atoms with Crippen LogP contribution in [0.25, 0.3) is 0 Å². The number of anilines is 1. The van der Waals surface area contributed by atoms with Crippen molar-refractivity contribution in [3.63, 3.8) is 0 Å². The predicted molar refractivity (Wildman–Crippen MR) is 102 cm³/mol. The van der Waals surface area contributed by atoms with Crippen molar-refractivity contribution < 1.29 is 9.59 Å². The number of pyridine rings is 1. The number of hydrogen-bond acceptors (Lipinski definition) is 5. The second kappa shape index (κ2) is 9.12. The Morgan fingerprint density at radius 2 is 2.23 bits per heavy atom. The van der Waals surface area contributed by atoms with Crippen molar-refractivity contribution in [2.45, 2.75) is 45.4 Å². The van der Waals surface area contributed by atoms with E-state index in [1.54, 1.807) is 6.92 Å². The van der Waals surface area contributed by atoms with Crippen LogP contribution in [0.1, 0.15) is 43.9 Å². The maximum atomic E-state index is 12.2. The monoisotopic (exact) mass is 358 g/mol. The van der Waals surface area contributed by atoms with Crippen molar-refractivity contribution in [1.29, 1.82) is 0 Å². The fourth-order valence-corrected chi connectivity index (χ4v) is 3.80. The third kappa shape index (κ3) is 5.27. The summed E-state index contributed by atoms with van der Waals surface area (Å²) >= 11 is 0. The molecule has 1 amide bonds. The lowest BCUT2D eigenvalue weighted by molar-refractivity contribution is -0.125. The molecule has 0 aliphatic carbocycles. The standard InChI is InChI=1S/C20H30N4O2/c1-15(25)13-24-12-9-17(14-24)20(26)22-10-3-2-6-18-8-7-16-5-4-11-21-19(16)23-18/h7-8,17H,2-6,9-14H2,1H3,(H,21,23)(H,22,26)/t17-/m0/s1. The lowest BCUT2D eigenvalue weighted by Gasteiger charge is -2.17. The quantitative estimate of drug-likeness (QED) is 0.693. The molecule has 0 saturated carbocycles. The summed E-state index contributed by atoms with van der Waals surface area (Å²) in [5, 5.41) is 6.42. The van der Waals surface area contributed by atoms with Gasteiger partial charge in [-0.25, -0.2) is 4.98 Å². The van der Waals surface area contributed by atoms with Gasteiger partial charge in [0.2, 0.25) is 5.91 Å². The number of carbonyl (C=O) groups is 2. The van der Waals surface area contributed by atoms with Crippen molar-refractivity contribution in [3.05, 3.63) is 23.4 Å². The molecule has 0 aromatic carbocycles. The molecule has 0 unspecified atom stereocenters. The topological polar surface area (TPSA) is 74.3 Å². The average molecular weight is 358 g/mol. The first-order valence-corrected chi connectivity index (χ1v) is 9.84.